The van der Waals surface area contributed by atoms with Crippen LogP contribution in [0, 0.1) is 6.92 Å². The van der Waals surface area contributed by atoms with Crippen molar-refractivity contribution < 1.29 is 19.4 Å². The zero-order chi connectivity index (χ0) is 17.7. The second-order valence-corrected chi connectivity index (χ2v) is 6.16. The number of carbonyl (C=O) groups is 2. The summed E-state index contributed by atoms with van der Waals surface area (Å²) < 4.78 is 4.97. The maximum absolute atomic E-state index is 12.1. The smallest absolute Gasteiger partial charge is 0.344 e. The van der Waals surface area contributed by atoms with Gasteiger partial charge in [0.15, 0.2) is 0 Å². The molecule has 1 aromatic rings. The van der Waals surface area contributed by atoms with Gasteiger partial charge in [-0.3, -0.25) is 4.79 Å². The molecule has 6 heteroatoms. The SMILES string of the molecule is CCOC(=O)C1=C(O)/C(=C/c2ccc(C)cc2)SC1=NC(=O)CC. The third-order valence-corrected chi connectivity index (χ3v) is 4.29. The van der Waals surface area contributed by atoms with Gasteiger partial charge in [0.1, 0.15) is 16.4 Å². The standard InChI is InChI=1S/C18H19NO4S/c1-4-14(20)19-17-15(18(22)23-5-2)16(21)13(24-17)10-12-8-6-11(3)7-9-12/h6-10,21H,4-5H2,1-3H3/b13-10-,19-17?. The van der Waals surface area contributed by atoms with Gasteiger partial charge in [0.25, 0.3) is 0 Å². The fourth-order valence-corrected chi connectivity index (χ4v) is 3.03. The summed E-state index contributed by atoms with van der Waals surface area (Å²) in [7, 11) is 0. The van der Waals surface area contributed by atoms with Crippen LogP contribution in [0.1, 0.15) is 31.4 Å². The van der Waals surface area contributed by atoms with Crippen LogP contribution in [0.3, 0.4) is 0 Å². The van der Waals surface area contributed by atoms with Crippen LogP contribution in [0.25, 0.3) is 6.08 Å². The van der Waals surface area contributed by atoms with E-state index in [9.17, 15) is 14.7 Å². The first-order chi connectivity index (χ1) is 11.5. The zero-order valence-corrected chi connectivity index (χ0v) is 14.6. The van der Waals surface area contributed by atoms with E-state index in [-0.39, 0.29) is 35.3 Å². The number of hydrogen-bond donors (Lipinski definition) is 1. The first kappa shape index (κ1) is 18.0. The van der Waals surface area contributed by atoms with Gasteiger partial charge in [0.05, 0.1) is 11.5 Å². The first-order valence-corrected chi connectivity index (χ1v) is 8.46. The fraction of sp³-hybridized carbons (Fsp3) is 0.278. The maximum atomic E-state index is 12.1. The Balaban J connectivity index is 2.44. The summed E-state index contributed by atoms with van der Waals surface area (Å²) in [6, 6.07) is 7.72. The van der Waals surface area contributed by atoms with Crippen LogP contribution in [-0.4, -0.2) is 28.6 Å². The van der Waals surface area contributed by atoms with Crippen molar-refractivity contribution in [1.29, 1.82) is 0 Å². The lowest BCUT2D eigenvalue weighted by Crippen LogP contribution is -2.14. The Morgan fingerprint density at radius 1 is 1.25 bits per heavy atom. The molecule has 2 rings (SSSR count). The molecule has 126 valence electrons. The molecule has 1 aliphatic rings. The quantitative estimate of drug-likeness (QED) is 0.840. The number of ether oxygens (including phenoxy) is 1. The van der Waals surface area contributed by atoms with Gasteiger partial charge >= 0.3 is 5.97 Å². The lowest BCUT2D eigenvalue weighted by molar-refractivity contribution is -0.138. The Kier molecular flexibility index (Phi) is 5.98. The molecule has 1 amide bonds. The molecule has 1 heterocycles. The van der Waals surface area contributed by atoms with Crippen LogP contribution in [-0.2, 0) is 14.3 Å². The Hall–Kier alpha value is -2.34. The number of amides is 1. The van der Waals surface area contributed by atoms with Crippen LogP contribution < -0.4 is 0 Å². The molecule has 0 radical (unpaired) electrons. The van der Waals surface area contributed by atoms with Gasteiger partial charge in [-0.25, -0.2) is 9.79 Å². The summed E-state index contributed by atoms with van der Waals surface area (Å²) in [6.07, 6.45) is 1.97. The highest BCUT2D eigenvalue weighted by molar-refractivity contribution is 8.18. The normalized spacial score (nSPS) is 17.6. The van der Waals surface area contributed by atoms with Gasteiger partial charge in [0, 0.05) is 6.42 Å². The molecule has 0 saturated heterocycles. The van der Waals surface area contributed by atoms with Gasteiger partial charge in [-0.15, -0.1) is 0 Å². The number of thioether (sulfide) groups is 1. The predicted octanol–water partition coefficient (Wildman–Crippen LogP) is 3.79. The van der Waals surface area contributed by atoms with Crippen molar-refractivity contribution in [3.63, 3.8) is 0 Å². The highest BCUT2D eigenvalue weighted by Crippen LogP contribution is 2.39. The molecule has 0 saturated carbocycles. The molecule has 0 unspecified atom stereocenters. The molecule has 1 aromatic carbocycles. The Bertz CT molecular complexity index is 745. The molecular weight excluding hydrogens is 326 g/mol. The molecule has 0 fully saturated rings. The number of nitrogens with zero attached hydrogens (tertiary/aromatic N) is 1. The fourth-order valence-electron chi connectivity index (χ4n) is 2.00. The zero-order valence-electron chi connectivity index (χ0n) is 13.8. The van der Waals surface area contributed by atoms with E-state index < -0.39 is 5.97 Å². The van der Waals surface area contributed by atoms with Crippen molar-refractivity contribution in [3.05, 3.63) is 51.6 Å². The summed E-state index contributed by atoms with van der Waals surface area (Å²) in [4.78, 5) is 28.1. The van der Waals surface area contributed by atoms with E-state index in [2.05, 4.69) is 4.99 Å². The summed E-state index contributed by atoms with van der Waals surface area (Å²) in [5.74, 6) is -1.25. The molecule has 24 heavy (non-hydrogen) atoms. The summed E-state index contributed by atoms with van der Waals surface area (Å²) >= 11 is 1.09. The third-order valence-electron chi connectivity index (χ3n) is 3.27. The Labute approximate surface area is 145 Å². The van der Waals surface area contributed by atoms with Crippen molar-refractivity contribution in [2.75, 3.05) is 6.61 Å². The summed E-state index contributed by atoms with van der Waals surface area (Å²) in [6.45, 7) is 5.52. The van der Waals surface area contributed by atoms with E-state index in [1.54, 1.807) is 19.9 Å². The Morgan fingerprint density at radius 3 is 2.50 bits per heavy atom. The lowest BCUT2D eigenvalue weighted by Gasteiger charge is -2.02. The molecular formula is C18H19NO4S. The number of aliphatic hydroxyl groups excluding tert-OH is 1. The second-order valence-electron chi connectivity index (χ2n) is 5.13. The molecule has 0 spiro atoms. The van der Waals surface area contributed by atoms with E-state index in [0.29, 0.717) is 4.91 Å². The van der Waals surface area contributed by atoms with E-state index in [1.165, 1.54) is 0 Å². The van der Waals surface area contributed by atoms with Gasteiger partial charge in [-0.1, -0.05) is 48.5 Å². The van der Waals surface area contributed by atoms with E-state index in [4.69, 9.17) is 4.74 Å². The topological polar surface area (TPSA) is 76.0 Å². The largest absolute Gasteiger partial charge is 0.506 e. The molecule has 0 atom stereocenters. The second kappa shape index (κ2) is 7.97. The molecule has 0 aromatic heterocycles. The van der Waals surface area contributed by atoms with Crippen molar-refractivity contribution in [2.24, 2.45) is 4.99 Å². The lowest BCUT2D eigenvalue weighted by atomic mass is 10.1. The molecule has 1 aliphatic heterocycles. The van der Waals surface area contributed by atoms with Crippen LogP contribution in [0.5, 0.6) is 0 Å². The van der Waals surface area contributed by atoms with Crippen molar-refractivity contribution in [1.82, 2.24) is 0 Å². The first-order valence-electron chi connectivity index (χ1n) is 7.65. The average molecular weight is 345 g/mol. The minimum absolute atomic E-state index is 0.0537. The highest BCUT2D eigenvalue weighted by atomic mass is 32.2. The van der Waals surface area contributed by atoms with Crippen LogP contribution in [0.15, 0.2) is 45.5 Å². The molecule has 0 aliphatic carbocycles. The van der Waals surface area contributed by atoms with Crippen LogP contribution in [0.2, 0.25) is 0 Å². The molecule has 0 bridgehead atoms. The van der Waals surface area contributed by atoms with Crippen LogP contribution in [0.4, 0.5) is 0 Å². The Morgan fingerprint density at radius 2 is 1.92 bits per heavy atom. The van der Waals surface area contributed by atoms with E-state index in [1.807, 2.05) is 31.2 Å². The summed E-state index contributed by atoms with van der Waals surface area (Å²) in [5, 5.41) is 10.6. The molecule has 1 N–H and O–H groups in total. The van der Waals surface area contributed by atoms with Crippen molar-refractivity contribution in [2.45, 2.75) is 27.2 Å². The van der Waals surface area contributed by atoms with Crippen LogP contribution >= 0.6 is 11.8 Å². The van der Waals surface area contributed by atoms with Gasteiger partial charge in [0.2, 0.25) is 5.91 Å². The van der Waals surface area contributed by atoms with Crippen molar-refractivity contribution in [3.8, 4) is 0 Å². The number of benzene rings is 1. The highest BCUT2D eigenvalue weighted by Gasteiger charge is 2.33. The monoisotopic (exact) mass is 345 g/mol. The third kappa shape index (κ3) is 4.14. The summed E-state index contributed by atoms with van der Waals surface area (Å²) in [5.41, 5.74) is 1.95. The number of carbonyl (C=O) groups excluding carboxylic acids is 2. The van der Waals surface area contributed by atoms with Crippen molar-refractivity contribution >= 4 is 34.8 Å². The number of aryl methyl sites for hydroxylation is 1. The van der Waals surface area contributed by atoms with E-state index >= 15 is 0 Å². The number of hydrogen-bond acceptors (Lipinski definition) is 5. The van der Waals surface area contributed by atoms with Gasteiger partial charge in [-0.05, 0) is 25.5 Å². The van der Waals surface area contributed by atoms with E-state index in [0.717, 1.165) is 22.9 Å². The maximum Gasteiger partial charge on any atom is 0.344 e. The number of aliphatic imine (C=N–C) groups is 1. The molecule has 5 nitrogen and oxygen atoms in total. The van der Waals surface area contributed by atoms with Gasteiger partial charge in [-0.2, -0.15) is 0 Å². The number of esters is 1. The minimum Gasteiger partial charge on any atom is -0.506 e. The average Bonchev–Trinajstić information content (AvgIpc) is 2.85. The number of aliphatic hydroxyl groups is 1. The predicted molar refractivity (Wildman–Crippen MR) is 95.8 cm³/mol. The minimum atomic E-state index is -0.683. The van der Waals surface area contributed by atoms with Gasteiger partial charge < -0.3 is 9.84 Å². The number of rotatable bonds is 4.